The zero-order valence-electron chi connectivity index (χ0n) is 11.8. The van der Waals surface area contributed by atoms with Crippen LogP contribution in [0.1, 0.15) is 26.6 Å². The van der Waals surface area contributed by atoms with Gasteiger partial charge < -0.3 is 4.74 Å². The summed E-state index contributed by atoms with van der Waals surface area (Å²) in [6.45, 7) is 6.57. The molecule has 3 nitrogen and oxygen atoms in total. The third kappa shape index (κ3) is 1.43. The van der Waals surface area contributed by atoms with Crippen LogP contribution < -0.4 is 4.74 Å². The first-order valence-corrected chi connectivity index (χ1v) is 6.85. The monoisotopic (exact) mass is 264 g/mol. The molecule has 0 radical (unpaired) electrons. The number of nitrogens with zero attached hydrogens (tertiary/aromatic N) is 2. The smallest absolute Gasteiger partial charge is 0.153 e. The first-order valence-electron chi connectivity index (χ1n) is 6.85. The van der Waals surface area contributed by atoms with Crippen LogP contribution in [0.25, 0.3) is 16.7 Å². The number of fused-ring (bicyclic) bond motifs is 2. The lowest BCUT2D eigenvalue weighted by molar-refractivity contribution is 0.467. The van der Waals surface area contributed by atoms with Gasteiger partial charge in [-0.15, -0.1) is 0 Å². The molecule has 20 heavy (non-hydrogen) atoms. The Morgan fingerprint density at radius 3 is 2.50 bits per heavy atom. The van der Waals surface area contributed by atoms with Gasteiger partial charge in [-0.2, -0.15) is 0 Å². The highest BCUT2D eigenvalue weighted by Crippen LogP contribution is 2.42. The van der Waals surface area contributed by atoms with Crippen LogP contribution in [0, 0.1) is 0 Å². The minimum absolute atomic E-state index is 0.0270. The molecular weight excluding hydrogens is 248 g/mol. The maximum Gasteiger partial charge on any atom is 0.153 e. The van der Waals surface area contributed by atoms with Crippen molar-refractivity contribution in [3.8, 4) is 17.2 Å². The Balaban J connectivity index is 2.19. The van der Waals surface area contributed by atoms with Gasteiger partial charge in [0.25, 0.3) is 0 Å². The van der Waals surface area contributed by atoms with Gasteiger partial charge in [0.1, 0.15) is 11.3 Å². The average molecular weight is 264 g/mol. The maximum absolute atomic E-state index is 6.01. The summed E-state index contributed by atoms with van der Waals surface area (Å²) >= 11 is 0. The Morgan fingerprint density at radius 2 is 1.70 bits per heavy atom. The Morgan fingerprint density at radius 1 is 0.950 bits per heavy atom. The molecule has 1 aliphatic rings. The molecular formula is C17H16N2O. The number of hydrogen-bond donors (Lipinski definition) is 0. The zero-order chi connectivity index (χ0) is 13.9. The number of rotatable bonds is 0. The van der Waals surface area contributed by atoms with Crippen LogP contribution in [-0.4, -0.2) is 9.55 Å². The fourth-order valence-corrected chi connectivity index (χ4v) is 2.76. The molecule has 4 rings (SSSR count). The van der Waals surface area contributed by atoms with Gasteiger partial charge in [-0.3, -0.25) is 4.57 Å². The number of aromatic nitrogens is 2. The molecule has 0 N–H and O–H groups in total. The summed E-state index contributed by atoms with van der Waals surface area (Å²) in [5.74, 6) is 2.83. The van der Waals surface area contributed by atoms with E-state index in [-0.39, 0.29) is 5.41 Å². The number of hydrogen-bond acceptors (Lipinski definition) is 2. The van der Waals surface area contributed by atoms with E-state index in [0.29, 0.717) is 0 Å². The normalized spacial score (nSPS) is 13.2. The van der Waals surface area contributed by atoms with Crippen molar-refractivity contribution in [2.75, 3.05) is 0 Å². The summed E-state index contributed by atoms with van der Waals surface area (Å²) in [4.78, 5) is 4.84. The summed E-state index contributed by atoms with van der Waals surface area (Å²) < 4.78 is 8.25. The summed E-state index contributed by atoms with van der Waals surface area (Å²) in [5, 5.41) is 0. The lowest BCUT2D eigenvalue weighted by Gasteiger charge is -2.25. The molecule has 0 bridgehead atoms. The minimum Gasteiger partial charge on any atom is -0.453 e. The molecule has 2 aromatic carbocycles. The largest absolute Gasteiger partial charge is 0.453 e. The molecule has 100 valence electrons. The highest BCUT2D eigenvalue weighted by molar-refractivity contribution is 5.87. The van der Waals surface area contributed by atoms with E-state index in [4.69, 9.17) is 9.72 Å². The van der Waals surface area contributed by atoms with E-state index in [0.717, 1.165) is 34.0 Å². The van der Waals surface area contributed by atoms with E-state index in [9.17, 15) is 0 Å². The van der Waals surface area contributed by atoms with E-state index in [1.807, 2.05) is 36.4 Å². The van der Waals surface area contributed by atoms with Crippen molar-refractivity contribution in [1.29, 1.82) is 0 Å². The van der Waals surface area contributed by atoms with Crippen molar-refractivity contribution in [3.05, 3.63) is 48.3 Å². The molecule has 0 saturated heterocycles. The van der Waals surface area contributed by atoms with E-state index < -0.39 is 0 Å². The Kier molecular flexibility index (Phi) is 2.09. The number of ether oxygens (including phenoxy) is 1. The van der Waals surface area contributed by atoms with Crippen molar-refractivity contribution in [3.63, 3.8) is 0 Å². The second-order valence-electron chi connectivity index (χ2n) is 6.21. The zero-order valence-corrected chi connectivity index (χ0v) is 11.8. The summed E-state index contributed by atoms with van der Waals surface area (Å²) in [6, 6.07) is 14.2. The second kappa shape index (κ2) is 3.63. The maximum atomic E-state index is 6.01. The molecule has 0 spiro atoms. The molecule has 0 saturated carbocycles. The van der Waals surface area contributed by atoms with Crippen LogP contribution in [0.4, 0.5) is 0 Å². The fourth-order valence-electron chi connectivity index (χ4n) is 2.76. The van der Waals surface area contributed by atoms with Crippen molar-refractivity contribution < 1.29 is 4.74 Å². The van der Waals surface area contributed by atoms with Crippen LogP contribution >= 0.6 is 0 Å². The van der Waals surface area contributed by atoms with Crippen LogP contribution in [0.5, 0.6) is 11.5 Å². The molecule has 3 heteroatoms. The van der Waals surface area contributed by atoms with Crippen LogP contribution in [0.15, 0.2) is 42.5 Å². The second-order valence-corrected chi connectivity index (χ2v) is 6.21. The van der Waals surface area contributed by atoms with E-state index in [1.165, 1.54) is 0 Å². The van der Waals surface area contributed by atoms with Crippen molar-refractivity contribution in [2.45, 2.75) is 26.2 Å². The Bertz CT molecular complexity index is 825. The van der Waals surface area contributed by atoms with Crippen LogP contribution in [0.2, 0.25) is 0 Å². The quantitative estimate of drug-likeness (QED) is 0.470. The summed E-state index contributed by atoms with van der Waals surface area (Å²) in [6.07, 6.45) is 0. The predicted molar refractivity (Wildman–Crippen MR) is 79.8 cm³/mol. The Labute approximate surface area is 117 Å². The highest BCUT2D eigenvalue weighted by Gasteiger charge is 2.29. The van der Waals surface area contributed by atoms with E-state index >= 15 is 0 Å². The summed E-state index contributed by atoms with van der Waals surface area (Å²) in [7, 11) is 0. The van der Waals surface area contributed by atoms with Gasteiger partial charge in [-0.1, -0.05) is 39.0 Å². The first kappa shape index (κ1) is 11.5. The first-order chi connectivity index (χ1) is 9.55. The standard InChI is InChI=1S/C17H16N2O/c1-17(2,3)16-18-11-7-6-10-14-15(11)19(16)12-8-4-5-9-13(12)20-14/h4-10H,1-3H3. The number of imidazole rings is 1. The van der Waals surface area contributed by atoms with Crippen molar-refractivity contribution in [1.82, 2.24) is 9.55 Å². The SMILES string of the molecule is CC(C)(C)c1nc2cccc3c2n1-c1ccccc1O3. The molecule has 0 unspecified atom stereocenters. The summed E-state index contributed by atoms with van der Waals surface area (Å²) in [5.41, 5.74) is 3.09. The Hall–Kier alpha value is -2.29. The van der Waals surface area contributed by atoms with Gasteiger partial charge >= 0.3 is 0 Å². The van der Waals surface area contributed by atoms with Crippen LogP contribution in [0.3, 0.4) is 0 Å². The number of benzene rings is 2. The highest BCUT2D eigenvalue weighted by atomic mass is 16.5. The third-order valence-electron chi connectivity index (χ3n) is 3.64. The molecule has 0 aliphatic carbocycles. The van der Waals surface area contributed by atoms with Gasteiger partial charge in [-0.25, -0.2) is 4.98 Å². The third-order valence-corrected chi connectivity index (χ3v) is 3.64. The van der Waals surface area contributed by atoms with Gasteiger partial charge in [0.2, 0.25) is 0 Å². The number of para-hydroxylation sites is 3. The van der Waals surface area contributed by atoms with Gasteiger partial charge in [0, 0.05) is 5.41 Å². The lowest BCUT2D eigenvalue weighted by Crippen LogP contribution is -2.19. The van der Waals surface area contributed by atoms with Crippen molar-refractivity contribution >= 4 is 11.0 Å². The molecule has 0 amide bonds. The molecule has 1 aromatic heterocycles. The molecule has 3 aromatic rings. The molecule has 0 atom stereocenters. The molecule has 0 fully saturated rings. The average Bonchev–Trinajstić information content (AvgIpc) is 2.81. The van der Waals surface area contributed by atoms with Gasteiger partial charge in [0.15, 0.2) is 11.5 Å². The van der Waals surface area contributed by atoms with Gasteiger partial charge in [-0.05, 0) is 24.3 Å². The predicted octanol–water partition coefficient (Wildman–Crippen LogP) is 4.43. The fraction of sp³-hybridized carbons (Fsp3) is 0.235. The van der Waals surface area contributed by atoms with E-state index in [2.05, 4.69) is 31.4 Å². The molecule has 2 heterocycles. The van der Waals surface area contributed by atoms with Crippen molar-refractivity contribution in [2.24, 2.45) is 0 Å². The van der Waals surface area contributed by atoms with E-state index in [1.54, 1.807) is 0 Å². The van der Waals surface area contributed by atoms with Crippen LogP contribution in [-0.2, 0) is 5.41 Å². The lowest BCUT2D eigenvalue weighted by atomic mass is 9.95. The molecule has 1 aliphatic heterocycles. The topological polar surface area (TPSA) is 27.1 Å². The van der Waals surface area contributed by atoms with Gasteiger partial charge in [0.05, 0.1) is 11.2 Å². The minimum atomic E-state index is -0.0270.